The number of aryl methyl sites for hydroxylation is 1. The zero-order valence-electron chi connectivity index (χ0n) is 16.5. The van der Waals surface area contributed by atoms with Crippen molar-refractivity contribution >= 4 is 23.8 Å². The molecule has 0 bridgehead atoms. The molecule has 6 nitrogen and oxygen atoms in total. The summed E-state index contributed by atoms with van der Waals surface area (Å²) in [6.45, 7) is 11.6. The van der Waals surface area contributed by atoms with Crippen LogP contribution in [0.2, 0.25) is 18.1 Å². The molecule has 1 heterocycles. The van der Waals surface area contributed by atoms with E-state index in [-0.39, 0.29) is 21.7 Å². The average molecular weight is 415 g/mol. The van der Waals surface area contributed by atoms with Crippen LogP contribution in [0, 0.1) is 5.82 Å². The average Bonchev–Trinajstić information content (AvgIpc) is 2.99. The molecule has 0 aliphatic rings. The van der Waals surface area contributed by atoms with Crippen molar-refractivity contribution in [3.05, 3.63) is 47.0 Å². The Kier molecular flexibility index (Phi) is 5.73. The van der Waals surface area contributed by atoms with Crippen molar-refractivity contribution in [2.24, 2.45) is 0 Å². The summed E-state index contributed by atoms with van der Waals surface area (Å²) in [6, 6.07) is 4.50. The third-order valence-corrected chi connectivity index (χ3v) is 11.6. The van der Waals surface area contributed by atoms with Gasteiger partial charge < -0.3 is 5.11 Å². The van der Waals surface area contributed by atoms with E-state index < -0.39 is 30.3 Å². The predicted octanol–water partition coefficient (Wildman–Crippen LogP) is 3.03. The molecule has 0 saturated heterocycles. The monoisotopic (exact) mass is 414 g/mol. The van der Waals surface area contributed by atoms with E-state index in [0.29, 0.717) is 12.0 Å². The first-order valence-electron chi connectivity index (χ1n) is 8.75. The molecule has 2 rings (SSSR count). The van der Waals surface area contributed by atoms with E-state index in [1.807, 2.05) is 40.8 Å². The van der Waals surface area contributed by atoms with Crippen LogP contribution in [0.25, 0.3) is 0 Å². The smallest absolute Gasteiger partial charge is 0.364 e. The van der Waals surface area contributed by atoms with Gasteiger partial charge in [0.15, 0.2) is 0 Å². The molecule has 1 aromatic heterocycles. The van der Waals surface area contributed by atoms with Crippen LogP contribution in [0.4, 0.5) is 4.39 Å². The van der Waals surface area contributed by atoms with Gasteiger partial charge in [-0.3, -0.25) is 4.55 Å². The minimum absolute atomic E-state index is 0.00718. The first-order chi connectivity index (χ1) is 12.2. The number of nitrogens with zero attached hydrogens (tertiary/aromatic N) is 2. The molecular weight excluding hydrogens is 387 g/mol. The molecule has 0 aliphatic carbocycles. The third kappa shape index (κ3) is 4.01. The lowest BCUT2D eigenvalue weighted by atomic mass is 9.98. The Morgan fingerprint density at radius 2 is 1.89 bits per heavy atom. The maximum atomic E-state index is 14.4. The molecule has 27 heavy (non-hydrogen) atoms. The van der Waals surface area contributed by atoms with Crippen molar-refractivity contribution in [3.8, 4) is 0 Å². The van der Waals surface area contributed by atoms with Crippen LogP contribution >= 0.6 is 0 Å². The number of aliphatic hydroxyl groups is 1. The van der Waals surface area contributed by atoms with E-state index in [9.17, 15) is 22.5 Å². The maximum absolute atomic E-state index is 14.4. The van der Waals surface area contributed by atoms with E-state index in [1.54, 1.807) is 12.1 Å². The molecule has 0 aliphatic heterocycles. The number of aromatic nitrogens is 2. The van der Waals surface area contributed by atoms with Gasteiger partial charge >= 0.3 is 10.3 Å². The molecule has 9 heteroatoms. The highest BCUT2D eigenvalue weighted by Gasteiger charge is 2.43. The number of halogens is 1. The molecule has 1 aromatic carbocycles. The molecule has 0 radical (unpaired) electrons. The normalized spacial score (nSPS) is 14.4. The van der Waals surface area contributed by atoms with Gasteiger partial charge in [0.1, 0.15) is 25.4 Å². The highest BCUT2D eigenvalue weighted by Crippen LogP contribution is 2.36. The SMILES string of the molecule is CCc1cccc(F)c1C(O)c1cn(S(=O)(=O)O)c([Si](C)(C)C(C)(C)C)n1. The second kappa shape index (κ2) is 7.12. The second-order valence-corrected chi connectivity index (χ2v) is 14.7. The molecular formula is C18H27FN2O4SSi. The van der Waals surface area contributed by atoms with Crippen LogP contribution in [0.15, 0.2) is 24.4 Å². The highest BCUT2D eigenvalue weighted by atomic mass is 32.2. The van der Waals surface area contributed by atoms with Crippen molar-refractivity contribution in [2.75, 3.05) is 0 Å². The topological polar surface area (TPSA) is 92.4 Å². The fraction of sp³-hybridized carbons (Fsp3) is 0.500. The number of aliphatic hydroxyl groups excluding tert-OH is 1. The summed E-state index contributed by atoms with van der Waals surface area (Å²) < 4.78 is 48.7. The maximum Gasteiger partial charge on any atom is 0.364 e. The van der Waals surface area contributed by atoms with Crippen molar-refractivity contribution in [3.63, 3.8) is 0 Å². The lowest BCUT2D eigenvalue weighted by molar-refractivity contribution is 0.209. The zero-order chi connectivity index (χ0) is 20.8. The highest BCUT2D eigenvalue weighted by molar-refractivity contribution is 7.84. The van der Waals surface area contributed by atoms with Gasteiger partial charge in [-0.25, -0.2) is 13.3 Å². The van der Waals surface area contributed by atoms with Gasteiger partial charge in [-0.1, -0.05) is 52.9 Å². The summed E-state index contributed by atoms with van der Waals surface area (Å²) >= 11 is 0. The van der Waals surface area contributed by atoms with E-state index in [4.69, 9.17) is 0 Å². The molecule has 1 unspecified atom stereocenters. The van der Waals surface area contributed by atoms with Gasteiger partial charge in [0, 0.05) is 11.8 Å². The Bertz CT molecular complexity index is 949. The minimum Gasteiger partial charge on any atom is -0.382 e. The number of hydrogen-bond donors (Lipinski definition) is 2. The quantitative estimate of drug-likeness (QED) is 0.579. The summed E-state index contributed by atoms with van der Waals surface area (Å²) in [5, 5.41) is 10.5. The van der Waals surface area contributed by atoms with Gasteiger partial charge in [0.05, 0.1) is 5.69 Å². The van der Waals surface area contributed by atoms with Crippen molar-refractivity contribution in [2.45, 2.75) is 58.4 Å². The van der Waals surface area contributed by atoms with Gasteiger partial charge in [-0.2, -0.15) is 8.42 Å². The van der Waals surface area contributed by atoms with Gasteiger partial charge in [0.2, 0.25) is 0 Å². The summed E-state index contributed by atoms with van der Waals surface area (Å²) in [7, 11) is -7.10. The molecule has 0 saturated carbocycles. The Morgan fingerprint density at radius 1 is 1.30 bits per heavy atom. The van der Waals surface area contributed by atoms with Crippen LogP contribution in [-0.2, 0) is 16.7 Å². The van der Waals surface area contributed by atoms with Gasteiger partial charge in [0.25, 0.3) is 0 Å². The van der Waals surface area contributed by atoms with Crippen LogP contribution in [0.3, 0.4) is 0 Å². The third-order valence-electron chi connectivity index (χ3n) is 5.45. The molecule has 150 valence electrons. The Balaban J connectivity index is 2.72. The first kappa shape index (κ1) is 21.7. The number of rotatable bonds is 5. The largest absolute Gasteiger partial charge is 0.382 e. The van der Waals surface area contributed by atoms with Gasteiger partial charge in [-0.05, 0) is 23.1 Å². The summed E-state index contributed by atoms with van der Waals surface area (Å²) in [6.07, 6.45) is 0.146. The standard InChI is InChI=1S/C18H27FN2O4SSi/c1-7-12-9-8-10-13(19)15(12)16(22)14-11-21(26(23,24)25)17(20-14)27(5,6)18(2,3)4/h8-11,16,22H,7H2,1-6H3,(H,23,24,25). The summed E-state index contributed by atoms with van der Waals surface area (Å²) in [5.74, 6) is -0.586. The molecule has 0 amide bonds. The summed E-state index contributed by atoms with van der Waals surface area (Å²) in [4.78, 5) is 4.38. The van der Waals surface area contributed by atoms with Crippen LogP contribution in [-0.4, -0.2) is 35.1 Å². The van der Waals surface area contributed by atoms with Crippen molar-refractivity contribution in [1.82, 2.24) is 8.96 Å². The Morgan fingerprint density at radius 3 is 2.37 bits per heavy atom. The minimum atomic E-state index is -4.61. The fourth-order valence-electron chi connectivity index (χ4n) is 2.78. The van der Waals surface area contributed by atoms with E-state index >= 15 is 0 Å². The van der Waals surface area contributed by atoms with Crippen LogP contribution < -0.4 is 5.45 Å². The molecule has 0 spiro atoms. The molecule has 2 aromatic rings. The van der Waals surface area contributed by atoms with Crippen LogP contribution in [0.1, 0.15) is 50.6 Å². The number of hydrogen-bond acceptors (Lipinski definition) is 4. The van der Waals surface area contributed by atoms with E-state index in [0.717, 1.165) is 10.2 Å². The number of benzene rings is 1. The van der Waals surface area contributed by atoms with Crippen LogP contribution in [0.5, 0.6) is 0 Å². The second-order valence-electron chi connectivity index (χ2n) is 8.21. The number of imidazole rings is 1. The van der Waals surface area contributed by atoms with E-state index in [2.05, 4.69) is 4.98 Å². The predicted molar refractivity (Wildman–Crippen MR) is 106 cm³/mol. The van der Waals surface area contributed by atoms with Gasteiger partial charge in [-0.15, -0.1) is 0 Å². The fourth-order valence-corrected chi connectivity index (χ4v) is 6.01. The molecule has 1 atom stereocenters. The lowest BCUT2D eigenvalue weighted by Crippen LogP contribution is -2.54. The Hall–Kier alpha value is -1.55. The van der Waals surface area contributed by atoms with Crippen molar-refractivity contribution in [1.29, 1.82) is 0 Å². The first-order valence-corrected chi connectivity index (χ1v) is 13.1. The van der Waals surface area contributed by atoms with Crippen molar-refractivity contribution < 1.29 is 22.5 Å². The molecule has 2 N–H and O–H groups in total. The summed E-state index contributed by atoms with van der Waals surface area (Å²) in [5.41, 5.74) is 0.882. The molecule has 0 fully saturated rings. The lowest BCUT2D eigenvalue weighted by Gasteiger charge is -2.35. The Labute approximate surface area is 161 Å². The zero-order valence-corrected chi connectivity index (χ0v) is 18.3. The van der Waals surface area contributed by atoms with E-state index in [1.165, 1.54) is 6.07 Å².